The van der Waals surface area contributed by atoms with Gasteiger partial charge in [-0.1, -0.05) is 50.5 Å². The molecular formula is C25H34O5. The van der Waals surface area contributed by atoms with Crippen LogP contribution in [0.5, 0.6) is 5.75 Å². The van der Waals surface area contributed by atoms with Crippen LogP contribution in [0.1, 0.15) is 63.9 Å². The van der Waals surface area contributed by atoms with E-state index in [0.717, 1.165) is 37.0 Å². The molecule has 1 aliphatic heterocycles. The van der Waals surface area contributed by atoms with Crippen LogP contribution in [0.4, 0.5) is 0 Å². The van der Waals surface area contributed by atoms with Gasteiger partial charge in [0.1, 0.15) is 23.9 Å². The zero-order valence-corrected chi connectivity index (χ0v) is 18.3. The molecule has 164 valence electrons. The summed E-state index contributed by atoms with van der Waals surface area (Å²) in [5, 5.41) is 0. The Kier molecular flexibility index (Phi) is 9.15. The highest BCUT2D eigenvalue weighted by Crippen LogP contribution is 2.42. The Morgan fingerprint density at radius 3 is 2.40 bits per heavy atom. The zero-order chi connectivity index (χ0) is 22.0. The molecule has 1 aliphatic rings. The molecule has 0 N–H and O–H groups in total. The molecule has 0 radical (unpaired) electrons. The van der Waals surface area contributed by atoms with E-state index in [1.807, 2.05) is 30.3 Å². The van der Waals surface area contributed by atoms with Crippen LogP contribution in [0.25, 0.3) is 0 Å². The Bertz CT molecular complexity index is 736. The maximum atomic E-state index is 12.9. The van der Waals surface area contributed by atoms with Gasteiger partial charge in [0.25, 0.3) is 0 Å². The molecule has 1 aromatic carbocycles. The van der Waals surface area contributed by atoms with Crippen molar-refractivity contribution in [1.29, 1.82) is 0 Å². The summed E-state index contributed by atoms with van der Waals surface area (Å²) in [7, 11) is 1.60. The van der Waals surface area contributed by atoms with E-state index in [4.69, 9.17) is 14.2 Å². The lowest BCUT2D eigenvalue weighted by atomic mass is 9.78. The number of unbranched alkanes of at least 4 members (excludes halogenated alkanes) is 6. The van der Waals surface area contributed by atoms with Gasteiger partial charge in [0.2, 0.25) is 0 Å². The Labute approximate surface area is 180 Å². The first kappa shape index (κ1) is 23.7. The summed E-state index contributed by atoms with van der Waals surface area (Å²) in [4.78, 5) is 25.1. The molecule has 0 unspecified atom stereocenters. The van der Waals surface area contributed by atoms with Crippen molar-refractivity contribution >= 4 is 11.9 Å². The molecule has 5 heteroatoms. The number of allylic oxidation sites excluding steroid dienone is 1. The fourth-order valence-electron chi connectivity index (χ4n) is 3.67. The van der Waals surface area contributed by atoms with Crippen LogP contribution < -0.4 is 4.74 Å². The topological polar surface area (TPSA) is 61.8 Å². The highest BCUT2D eigenvalue weighted by atomic mass is 16.6. The minimum atomic E-state index is -1.15. The molecule has 2 atom stereocenters. The van der Waals surface area contributed by atoms with Crippen molar-refractivity contribution in [2.45, 2.75) is 71.0 Å². The largest absolute Gasteiger partial charge is 0.497 e. The number of hydrogen-bond acceptors (Lipinski definition) is 5. The minimum Gasteiger partial charge on any atom is -0.497 e. The second-order valence-corrected chi connectivity index (χ2v) is 7.99. The van der Waals surface area contributed by atoms with Crippen LogP contribution in [0.15, 0.2) is 49.1 Å². The molecule has 1 saturated heterocycles. The highest BCUT2D eigenvalue weighted by molar-refractivity contribution is 6.00. The number of rotatable bonds is 13. The van der Waals surface area contributed by atoms with Crippen molar-refractivity contribution in [2.24, 2.45) is 5.41 Å². The molecular weight excluding hydrogens is 380 g/mol. The number of methoxy groups -OCH3 is 1. The zero-order valence-electron chi connectivity index (χ0n) is 18.3. The van der Waals surface area contributed by atoms with Crippen molar-refractivity contribution in [3.8, 4) is 5.75 Å². The van der Waals surface area contributed by atoms with Crippen molar-refractivity contribution in [2.75, 3.05) is 7.11 Å². The average molecular weight is 415 g/mol. The van der Waals surface area contributed by atoms with E-state index in [1.165, 1.54) is 19.3 Å². The van der Waals surface area contributed by atoms with Gasteiger partial charge in [0, 0.05) is 0 Å². The van der Waals surface area contributed by atoms with Crippen LogP contribution in [0, 0.1) is 5.41 Å². The fraction of sp³-hybridized carbons (Fsp3) is 0.520. The van der Waals surface area contributed by atoms with Gasteiger partial charge in [-0.3, -0.25) is 4.79 Å². The predicted molar refractivity (Wildman–Crippen MR) is 117 cm³/mol. The first-order chi connectivity index (χ1) is 14.4. The molecule has 1 heterocycles. The van der Waals surface area contributed by atoms with E-state index >= 15 is 0 Å². The van der Waals surface area contributed by atoms with Gasteiger partial charge in [-0.05, 0) is 50.3 Å². The molecule has 0 spiro atoms. The molecule has 5 nitrogen and oxygen atoms in total. The molecule has 0 saturated carbocycles. The van der Waals surface area contributed by atoms with Gasteiger partial charge in [-0.25, -0.2) is 4.79 Å². The highest BCUT2D eigenvalue weighted by Gasteiger charge is 2.55. The first-order valence-electron chi connectivity index (χ1n) is 10.7. The Morgan fingerprint density at radius 1 is 1.13 bits per heavy atom. The van der Waals surface area contributed by atoms with Gasteiger partial charge < -0.3 is 14.2 Å². The molecule has 30 heavy (non-hydrogen) atoms. The van der Waals surface area contributed by atoms with Crippen LogP contribution in [0.2, 0.25) is 0 Å². The number of benzene rings is 1. The summed E-state index contributed by atoms with van der Waals surface area (Å²) in [6.45, 7) is 9.39. The first-order valence-corrected chi connectivity index (χ1v) is 10.7. The standard InChI is InChI=1S/C25H34O5/c1-5-6-7-8-9-10-11-12-13-22-25(3,19(2)23(26)30-22)24(27)29-18-20-14-16-21(28-4)17-15-20/h5,14-17,22H,1-2,6-13,18H2,3-4H3/t22-,25-/m0/s1. The van der Waals surface area contributed by atoms with Gasteiger partial charge in [0.15, 0.2) is 0 Å². The number of carbonyl (C=O) groups is 2. The Hall–Kier alpha value is -2.56. The third-order valence-corrected chi connectivity index (χ3v) is 5.84. The Morgan fingerprint density at radius 2 is 1.77 bits per heavy atom. The van der Waals surface area contributed by atoms with Crippen LogP contribution in [-0.2, 0) is 25.7 Å². The van der Waals surface area contributed by atoms with E-state index in [-0.39, 0.29) is 12.2 Å². The van der Waals surface area contributed by atoms with Gasteiger partial charge >= 0.3 is 11.9 Å². The lowest BCUT2D eigenvalue weighted by Gasteiger charge is -2.27. The third-order valence-electron chi connectivity index (χ3n) is 5.84. The van der Waals surface area contributed by atoms with Crippen molar-refractivity contribution < 1.29 is 23.8 Å². The normalized spacial score (nSPS) is 20.7. The molecule has 0 bridgehead atoms. The third kappa shape index (κ3) is 5.97. The van der Waals surface area contributed by atoms with Crippen LogP contribution in [0.3, 0.4) is 0 Å². The second-order valence-electron chi connectivity index (χ2n) is 7.99. The number of ether oxygens (including phenoxy) is 3. The van der Waals surface area contributed by atoms with E-state index in [0.29, 0.717) is 6.42 Å². The monoisotopic (exact) mass is 414 g/mol. The Balaban J connectivity index is 1.86. The van der Waals surface area contributed by atoms with Gasteiger partial charge in [-0.15, -0.1) is 6.58 Å². The lowest BCUT2D eigenvalue weighted by Crippen LogP contribution is -2.38. The number of cyclic esters (lactones) is 1. The smallest absolute Gasteiger partial charge is 0.335 e. The summed E-state index contributed by atoms with van der Waals surface area (Å²) in [5.74, 6) is -0.238. The van der Waals surface area contributed by atoms with Gasteiger partial charge in [0.05, 0.1) is 12.7 Å². The molecule has 0 aromatic heterocycles. The summed E-state index contributed by atoms with van der Waals surface area (Å²) in [5.41, 5.74) is -0.124. The summed E-state index contributed by atoms with van der Waals surface area (Å²) in [6.07, 6.45) is 9.78. The van der Waals surface area contributed by atoms with E-state index < -0.39 is 23.5 Å². The molecule has 1 fully saturated rings. The fourth-order valence-corrected chi connectivity index (χ4v) is 3.67. The molecule has 1 aromatic rings. The average Bonchev–Trinajstić information content (AvgIpc) is 2.98. The quantitative estimate of drug-likeness (QED) is 0.184. The predicted octanol–water partition coefficient (Wildman–Crippen LogP) is 5.53. The summed E-state index contributed by atoms with van der Waals surface area (Å²) in [6, 6.07) is 7.30. The van der Waals surface area contributed by atoms with E-state index in [9.17, 15) is 9.59 Å². The van der Waals surface area contributed by atoms with E-state index in [1.54, 1.807) is 14.0 Å². The summed E-state index contributed by atoms with van der Waals surface area (Å²) < 4.78 is 16.2. The lowest BCUT2D eigenvalue weighted by molar-refractivity contribution is -0.158. The van der Waals surface area contributed by atoms with Crippen molar-refractivity contribution in [1.82, 2.24) is 0 Å². The van der Waals surface area contributed by atoms with Crippen molar-refractivity contribution in [3.05, 3.63) is 54.6 Å². The molecule has 0 aliphatic carbocycles. The minimum absolute atomic E-state index is 0.122. The number of esters is 2. The summed E-state index contributed by atoms with van der Waals surface area (Å²) >= 11 is 0. The maximum Gasteiger partial charge on any atom is 0.335 e. The van der Waals surface area contributed by atoms with Crippen LogP contribution >= 0.6 is 0 Å². The van der Waals surface area contributed by atoms with E-state index in [2.05, 4.69) is 13.2 Å². The maximum absolute atomic E-state index is 12.9. The van der Waals surface area contributed by atoms with Crippen molar-refractivity contribution in [3.63, 3.8) is 0 Å². The number of hydrogen-bond donors (Lipinski definition) is 0. The molecule has 0 amide bonds. The number of carbonyl (C=O) groups excluding carboxylic acids is 2. The van der Waals surface area contributed by atoms with Gasteiger partial charge in [-0.2, -0.15) is 0 Å². The molecule has 2 rings (SSSR count). The SMILES string of the molecule is C=CCCCCCCCC[C@@H]1OC(=O)C(=C)[C@]1(C)C(=O)OCc1ccc(OC)cc1. The van der Waals surface area contributed by atoms with Crippen LogP contribution in [-0.4, -0.2) is 25.2 Å². The second kappa shape index (κ2) is 11.6.